The van der Waals surface area contributed by atoms with Crippen LogP contribution in [0.25, 0.3) is 0 Å². The van der Waals surface area contributed by atoms with Crippen molar-refractivity contribution in [3.8, 4) is 5.75 Å². The first-order valence-corrected chi connectivity index (χ1v) is 13.1. The molecule has 1 saturated heterocycles. The Morgan fingerprint density at radius 2 is 1.69 bits per heavy atom. The van der Waals surface area contributed by atoms with Gasteiger partial charge in [0.1, 0.15) is 5.75 Å². The Morgan fingerprint density at radius 3 is 2.34 bits per heavy atom. The number of piperazine rings is 1. The van der Waals surface area contributed by atoms with E-state index in [2.05, 4.69) is 22.3 Å². The summed E-state index contributed by atoms with van der Waals surface area (Å²) in [6.45, 7) is 6.35. The molecule has 0 bridgehead atoms. The Bertz CT molecular complexity index is 1010. The lowest BCUT2D eigenvalue weighted by atomic mass is 9.84. The number of nitrogens with one attached hydrogen (secondary N) is 1. The van der Waals surface area contributed by atoms with Gasteiger partial charge in [0.2, 0.25) is 5.91 Å². The predicted octanol–water partition coefficient (Wildman–Crippen LogP) is 5.71. The largest absolute Gasteiger partial charge is 0.484 e. The molecular formula is C28H36ClN3O3. The van der Waals surface area contributed by atoms with Gasteiger partial charge < -0.3 is 19.9 Å². The van der Waals surface area contributed by atoms with Gasteiger partial charge in [-0.1, -0.05) is 62.9 Å². The Hall–Kier alpha value is -2.73. The van der Waals surface area contributed by atoms with Crippen LogP contribution >= 0.6 is 11.6 Å². The zero-order chi connectivity index (χ0) is 24.8. The molecule has 0 aromatic heterocycles. The number of hydrogen-bond acceptors (Lipinski definition) is 4. The highest BCUT2D eigenvalue weighted by molar-refractivity contribution is 6.34. The molecule has 0 radical (unpaired) electrons. The summed E-state index contributed by atoms with van der Waals surface area (Å²) in [5.41, 5.74) is 2.80. The van der Waals surface area contributed by atoms with Gasteiger partial charge in [0, 0.05) is 32.1 Å². The van der Waals surface area contributed by atoms with Crippen molar-refractivity contribution in [1.82, 2.24) is 4.90 Å². The third-order valence-electron chi connectivity index (χ3n) is 6.99. The van der Waals surface area contributed by atoms with E-state index in [1.165, 1.54) is 37.7 Å². The molecule has 1 aliphatic heterocycles. The van der Waals surface area contributed by atoms with E-state index in [4.69, 9.17) is 16.3 Å². The Kier molecular flexibility index (Phi) is 8.55. The highest BCUT2D eigenvalue weighted by Crippen LogP contribution is 2.35. The van der Waals surface area contributed by atoms with E-state index < -0.39 is 0 Å². The number of ether oxygens (including phenoxy) is 1. The Labute approximate surface area is 213 Å². The fourth-order valence-corrected chi connectivity index (χ4v) is 5.35. The summed E-state index contributed by atoms with van der Waals surface area (Å²) < 4.78 is 5.76. The number of amides is 2. The van der Waals surface area contributed by atoms with E-state index in [1.54, 1.807) is 0 Å². The Balaban J connectivity index is 1.33. The summed E-state index contributed by atoms with van der Waals surface area (Å²) in [6.07, 6.45) is 6.47. The average molecular weight is 498 g/mol. The van der Waals surface area contributed by atoms with Crippen LogP contribution in [0.15, 0.2) is 42.5 Å². The Morgan fingerprint density at radius 1 is 1.00 bits per heavy atom. The van der Waals surface area contributed by atoms with Crippen LogP contribution in [0.3, 0.4) is 0 Å². The summed E-state index contributed by atoms with van der Waals surface area (Å²) in [5, 5.41) is 3.54. The molecule has 0 atom stereocenters. The number of anilines is 2. The van der Waals surface area contributed by atoms with Gasteiger partial charge in [-0.15, -0.1) is 0 Å². The standard InChI is InChI=1S/C28H36ClN3O3/c1-20(2)28(34)32-17-15-31(16-18-32)27-24(29)9-6-10-25(27)30-26(33)19-35-23-13-11-22(12-14-23)21-7-4-3-5-8-21/h6,9-14,20-21H,3-5,7-8,15-19H2,1-2H3,(H,30,33). The fraction of sp³-hybridized carbons (Fsp3) is 0.500. The molecule has 35 heavy (non-hydrogen) atoms. The van der Waals surface area contributed by atoms with Gasteiger partial charge in [-0.2, -0.15) is 0 Å². The van der Waals surface area contributed by atoms with Crippen LogP contribution in [0, 0.1) is 5.92 Å². The molecule has 1 N–H and O–H groups in total. The van der Waals surface area contributed by atoms with Gasteiger partial charge >= 0.3 is 0 Å². The molecule has 188 valence electrons. The molecule has 4 rings (SSSR count). The quantitative estimate of drug-likeness (QED) is 0.532. The molecule has 2 amide bonds. The van der Waals surface area contributed by atoms with E-state index in [-0.39, 0.29) is 24.3 Å². The van der Waals surface area contributed by atoms with Gasteiger partial charge in [0.05, 0.1) is 16.4 Å². The molecule has 2 aromatic rings. The maximum absolute atomic E-state index is 12.7. The molecule has 2 fully saturated rings. The number of halogens is 1. The van der Waals surface area contributed by atoms with Crippen molar-refractivity contribution in [2.75, 3.05) is 43.0 Å². The molecule has 1 saturated carbocycles. The molecule has 1 aliphatic carbocycles. The second kappa shape index (κ2) is 11.8. The molecule has 7 heteroatoms. The third kappa shape index (κ3) is 6.49. The van der Waals surface area contributed by atoms with E-state index in [0.29, 0.717) is 48.6 Å². The number of hydrogen-bond donors (Lipinski definition) is 1. The minimum Gasteiger partial charge on any atom is -0.484 e. The molecule has 6 nitrogen and oxygen atoms in total. The van der Waals surface area contributed by atoms with E-state index in [9.17, 15) is 9.59 Å². The highest BCUT2D eigenvalue weighted by Gasteiger charge is 2.25. The van der Waals surface area contributed by atoms with Crippen LogP contribution in [-0.4, -0.2) is 49.5 Å². The molecular weight excluding hydrogens is 462 g/mol. The minimum atomic E-state index is -0.238. The predicted molar refractivity (Wildman–Crippen MR) is 141 cm³/mol. The smallest absolute Gasteiger partial charge is 0.262 e. The lowest BCUT2D eigenvalue weighted by Gasteiger charge is -2.38. The van der Waals surface area contributed by atoms with Crippen LogP contribution in [0.2, 0.25) is 5.02 Å². The van der Waals surface area contributed by atoms with E-state index in [0.717, 1.165) is 5.69 Å². The number of nitrogens with zero attached hydrogens (tertiary/aromatic N) is 2. The highest BCUT2D eigenvalue weighted by atomic mass is 35.5. The first kappa shape index (κ1) is 25.4. The van der Waals surface area contributed by atoms with Gasteiger partial charge in [0.25, 0.3) is 5.91 Å². The summed E-state index contributed by atoms with van der Waals surface area (Å²) in [5.74, 6) is 1.25. The van der Waals surface area contributed by atoms with Crippen molar-refractivity contribution in [3.63, 3.8) is 0 Å². The fourth-order valence-electron chi connectivity index (χ4n) is 5.06. The SMILES string of the molecule is CC(C)C(=O)N1CCN(c2c(Cl)cccc2NC(=O)COc2ccc(C3CCCCC3)cc2)CC1. The monoisotopic (exact) mass is 497 g/mol. The molecule has 2 aromatic carbocycles. The number of rotatable bonds is 7. The maximum Gasteiger partial charge on any atom is 0.262 e. The first-order valence-electron chi connectivity index (χ1n) is 12.8. The summed E-state index contributed by atoms with van der Waals surface area (Å²) in [7, 11) is 0. The van der Waals surface area contributed by atoms with Crippen LogP contribution < -0.4 is 15.0 Å². The summed E-state index contributed by atoms with van der Waals surface area (Å²) in [4.78, 5) is 29.1. The van der Waals surface area contributed by atoms with Gasteiger partial charge in [-0.05, 0) is 48.6 Å². The maximum atomic E-state index is 12.7. The van der Waals surface area contributed by atoms with Crippen LogP contribution in [0.4, 0.5) is 11.4 Å². The van der Waals surface area contributed by atoms with Crippen molar-refractivity contribution in [2.45, 2.75) is 51.9 Å². The van der Waals surface area contributed by atoms with E-state index >= 15 is 0 Å². The molecule has 0 unspecified atom stereocenters. The number of carbonyl (C=O) groups is 2. The lowest BCUT2D eigenvalue weighted by Crippen LogP contribution is -2.50. The van der Waals surface area contributed by atoms with Crippen molar-refractivity contribution < 1.29 is 14.3 Å². The summed E-state index contributed by atoms with van der Waals surface area (Å²) >= 11 is 6.54. The van der Waals surface area contributed by atoms with Crippen molar-refractivity contribution in [3.05, 3.63) is 53.1 Å². The zero-order valence-electron chi connectivity index (χ0n) is 20.8. The number of para-hydroxylation sites is 1. The second-order valence-corrected chi connectivity index (χ2v) is 10.3. The van der Waals surface area contributed by atoms with Crippen molar-refractivity contribution in [2.24, 2.45) is 5.92 Å². The minimum absolute atomic E-state index is 0.0137. The van der Waals surface area contributed by atoms with Crippen LogP contribution in [0.5, 0.6) is 5.75 Å². The topological polar surface area (TPSA) is 61.9 Å². The lowest BCUT2D eigenvalue weighted by molar-refractivity contribution is -0.134. The molecule has 2 aliphatic rings. The van der Waals surface area contributed by atoms with Gasteiger partial charge in [-0.3, -0.25) is 9.59 Å². The van der Waals surface area contributed by atoms with Crippen molar-refractivity contribution in [1.29, 1.82) is 0 Å². The number of benzene rings is 2. The molecule has 0 spiro atoms. The van der Waals surface area contributed by atoms with Gasteiger partial charge in [0.15, 0.2) is 6.61 Å². The molecule has 1 heterocycles. The normalized spacial score (nSPS) is 16.9. The first-order chi connectivity index (χ1) is 16.9. The summed E-state index contributed by atoms with van der Waals surface area (Å²) in [6, 6.07) is 13.7. The number of carbonyl (C=O) groups excluding carboxylic acids is 2. The van der Waals surface area contributed by atoms with Crippen molar-refractivity contribution >= 4 is 34.8 Å². The third-order valence-corrected chi connectivity index (χ3v) is 7.29. The van der Waals surface area contributed by atoms with Crippen LogP contribution in [0.1, 0.15) is 57.4 Å². The van der Waals surface area contributed by atoms with E-state index in [1.807, 2.05) is 49.1 Å². The zero-order valence-corrected chi connectivity index (χ0v) is 21.5. The van der Waals surface area contributed by atoms with Crippen LogP contribution in [-0.2, 0) is 9.59 Å². The van der Waals surface area contributed by atoms with Gasteiger partial charge in [-0.25, -0.2) is 0 Å². The second-order valence-electron chi connectivity index (χ2n) is 9.84. The average Bonchev–Trinajstić information content (AvgIpc) is 2.88.